The van der Waals surface area contributed by atoms with E-state index in [9.17, 15) is 4.79 Å². The van der Waals surface area contributed by atoms with Gasteiger partial charge in [-0.3, -0.25) is 4.79 Å². The molecule has 5 aromatic rings. The van der Waals surface area contributed by atoms with Gasteiger partial charge in [0, 0.05) is 55.4 Å². The Bertz CT molecular complexity index is 1660. The summed E-state index contributed by atoms with van der Waals surface area (Å²) in [7, 11) is 0. The van der Waals surface area contributed by atoms with Crippen LogP contribution in [0.2, 0.25) is 0 Å². The molecule has 0 atom stereocenters. The Kier molecular flexibility index (Phi) is 6.52. The van der Waals surface area contributed by atoms with Gasteiger partial charge >= 0.3 is 0 Å². The lowest BCUT2D eigenvalue weighted by molar-refractivity contribution is 0.0696. The maximum Gasteiger partial charge on any atom is 0.256 e. The number of likely N-dealkylation sites (tertiary alicyclic amines) is 1. The lowest BCUT2D eigenvalue weighted by atomic mass is 10.0. The number of nitrogens with zero attached hydrogens (tertiary/aromatic N) is 5. The second kappa shape index (κ2) is 10.5. The van der Waals surface area contributed by atoms with Crippen molar-refractivity contribution in [2.75, 3.05) is 44.3 Å². The van der Waals surface area contributed by atoms with Crippen molar-refractivity contribution in [1.29, 1.82) is 0 Å². The second-order valence-corrected chi connectivity index (χ2v) is 10.9. The molecule has 7 heteroatoms. The Labute approximate surface area is 234 Å². The lowest BCUT2D eigenvalue weighted by Gasteiger charge is -2.36. The molecule has 2 aromatic heterocycles. The number of para-hydroxylation sites is 3. The van der Waals surface area contributed by atoms with Crippen LogP contribution >= 0.6 is 0 Å². The zero-order chi connectivity index (χ0) is 27.1. The summed E-state index contributed by atoms with van der Waals surface area (Å²) in [5.74, 6) is 1.18. The molecule has 0 aliphatic carbocycles. The number of aromatic nitrogens is 3. The molecule has 0 spiro atoms. The Morgan fingerprint density at radius 2 is 1.52 bits per heavy atom. The fraction of sp³-hybridized carbons (Fsp3) is 0.333. The first-order valence-electron chi connectivity index (χ1n) is 14.4. The highest BCUT2D eigenvalue weighted by Gasteiger charge is 2.31. The van der Waals surface area contributed by atoms with E-state index < -0.39 is 0 Å². The van der Waals surface area contributed by atoms with E-state index in [1.54, 1.807) is 0 Å². The Morgan fingerprint density at radius 1 is 0.850 bits per heavy atom. The molecule has 40 heavy (non-hydrogen) atoms. The molecule has 4 heterocycles. The molecule has 0 N–H and O–H groups in total. The smallest absolute Gasteiger partial charge is 0.256 e. The van der Waals surface area contributed by atoms with Crippen molar-refractivity contribution in [1.82, 2.24) is 19.0 Å². The largest absolute Gasteiger partial charge is 0.378 e. The fourth-order valence-corrected chi connectivity index (χ4v) is 6.53. The number of anilines is 1. The highest BCUT2D eigenvalue weighted by molar-refractivity contribution is 6.08. The van der Waals surface area contributed by atoms with Crippen LogP contribution in [0.15, 0.2) is 78.9 Å². The normalized spacial score (nSPS) is 16.7. The van der Waals surface area contributed by atoms with Gasteiger partial charge in [-0.15, -0.1) is 0 Å². The third-order valence-corrected chi connectivity index (χ3v) is 8.62. The van der Waals surface area contributed by atoms with Gasteiger partial charge in [0.25, 0.3) is 5.91 Å². The van der Waals surface area contributed by atoms with E-state index in [4.69, 9.17) is 9.72 Å². The molecule has 3 aromatic carbocycles. The van der Waals surface area contributed by atoms with Gasteiger partial charge in [0.2, 0.25) is 5.95 Å². The summed E-state index contributed by atoms with van der Waals surface area (Å²) in [5.41, 5.74) is 6.43. The van der Waals surface area contributed by atoms with Gasteiger partial charge < -0.3 is 23.7 Å². The summed E-state index contributed by atoms with van der Waals surface area (Å²) >= 11 is 0. The van der Waals surface area contributed by atoms with Crippen molar-refractivity contribution in [2.24, 2.45) is 0 Å². The van der Waals surface area contributed by atoms with Gasteiger partial charge in [0.15, 0.2) is 0 Å². The van der Waals surface area contributed by atoms with E-state index in [0.717, 1.165) is 92.4 Å². The van der Waals surface area contributed by atoms with Crippen LogP contribution < -0.4 is 4.90 Å². The highest BCUT2D eigenvalue weighted by atomic mass is 16.5. The minimum Gasteiger partial charge on any atom is -0.378 e. The van der Waals surface area contributed by atoms with E-state index in [2.05, 4.69) is 92.6 Å². The van der Waals surface area contributed by atoms with E-state index in [0.29, 0.717) is 6.04 Å². The van der Waals surface area contributed by atoms with Crippen molar-refractivity contribution >= 4 is 33.8 Å². The molecule has 0 saturated carbocycles. The quantitative estimate of drug-likeness (QED) is 0.293. The van der Waals surface area contributed by atoms with Crippen LogP contribution in [0.25, 0.3) is 21.9 Å². The Hall–Kier alpha value is -4.10. The number of benzene rings is 3. The second-order valence-electron chi connectivity index (χ2n) is 10.9. The highest BCUT2D eigenvalue weighted by Crippen LogP contribution is 2.35. The number of hydrogen-bond donors (Lipinski definition) is 0. The Morgan fingerprint density at radius 3 is 2.30 bits per heavy atom. The number of carbonyl (C=O) groups is 1. The number of fused-ring (bicyclic) bond motifs is 2. The van der Waals surface area contributed by atoms with Crippen molar-refractivity contribution in [2.45, 2.75) is 32.4 Å². The molecule has 0 unspecified atom stereocenters. The van der Waals surface area contributed by atoms with Crippen molar-refractivity contribution in [3.63, 3.8) is 0 Å². The van der Waals surface area contributed by atoms with Crippen molar-refractivity contribution in [3.8, 4) is 0 Å². The molecular weight excluding hydrogens is 498 g/mol. The van der Waals surface area contributed by atoms with Crippen molar-refractivity contribution in [3.05, 3.63) is 95.7 Å². The third kappa shape index (κ3) is 4.34. The number of piperidine rings is 1. The predicted octanol–water partition coefficient (Wildman–Crippen LogP) is 5.66. The van der Waals surface area contributed by atoms with Crippen LogP contribution in [0, 0.1) is 6.92 Å². The van der Waals surface area contributed by atoms with Gasteiger partial charge in [-0.25, -0.2) is 4.98 Å². The number of rotatable bonds is 5. The number of amides is 1. The van der Waals surface area contributed by atoms with Crippen LogP contribution in [0.3, 0.4) is 0 Å². The lowest BCUT2D eigenvalue weighted by Crippen LogP contribution is -2.41. The maximum absolute atomic E-state index is 14.1. The first kappa shape index (κ1) is 24.9. The molecule has 7 nitrogen and oxygen atoms in total. The molecular formula is C33H35N5O2. The monoisotopic (exact) mass is 533 g/mol. The van der Waals surface area contributed by atoms with Crippen LogP contribution in [-0.4, -0.2) is 64.3 Å². The molecule has 2 aliphatic heterocycles. The molecule has 2 fully saturated rings. The molecule has 7 rings (SSSR count). The van der Waals surface area contributed by atoms with Crippen LogP contribution in [0.5, 0.6) is 0 Å². The standard InChI is InChI=1S/C33H35N5O2/c1-24-31(27-11-5-7-13-29(27)37(24)23-25-9-3-2-4-10-25)32(39)35-17-15-26(16-18-35)38-30-14-8-6-12-28(30)34-33(38)36-19-21-40-22-20-36/h2-14,26H,15-23H2,1H3. The number of carbonyl (C=O) groups excluding carboxylic acids is 1. The average Bonchev–Trinajstić information content (AvgIpc) is 3.53. The number of hydrogen-bond acceptors (Lipinski definition) is 4. The van der Waals surface area contributed by atoms with Crippen LogP contribution in [0.4, 0.5) is 5.95 Å². The number of ether oxygens (including phenoxy) is 1. The molecule has 2 aliphatic rings. The van der Waals surface area contributed by atoms with Gasteiger partial charge in [-0.05, 0) is 43.5 Å². The third-order valence-electron chi connectivity index (χ3n) is 8.62. The zero-order valence-corrected chi connectivity index (χ0v) is 23.0. The fourth-order valence-electron chi connectivity index (χ4n) is 6.53. The first-order valence-corrected chi connectivity index (χ1v) is 14.4. The molecule has 1 amide bonds. The van der Waals surface area contributed by atoms with E-state index in [-0.39, 0.29) is 5.91 Å². The van der Waals surface area contributed by atoms with Crippen molar-refractivity contribution < 1.29 is 9.53 Å². The van der Waals surface area contributed by atoms with E-state index in [1.165, 1.54) is 11.1 Å². The van der Waals surface area contributed by atoms with Gasteiger partial charge in [0.05, 0.1) is 29.8 Å². The number of morpholine rings is 1. The first-order chi connectivity index (χ1) is 19.7. The minimum atomic E-state index is 0.142. The molecule has 0 bridgehead atoms. The zero-order valence-electron chi connectivity index (χ0n) is 23.0. The van der Waals surface area contributed by atoms with Crippen LogP contribution in [0.1, 0.15) is 40.5 Å². The predicted molar refractivity (Wildman–Crippen MR) is 159 cm³/mol. The minimum absolute atomic E-state index is 0.142. The maximum atomic E-state index is 14.1. The van der Waals surface area contributed by atoms with Gasteiger partial charge in [-0.1, -0.05) is 60.7 Å². The summed E-state index contributed by atoms with van der Waals surface area (Å²) < 4.78 is 10.3. The Balaban J connectivity index is 1.16. The summed E-state index contributed by atoms with van der Waals surface area (Å²) in [6, 6.07) is 27.5. The molecule has 2 saturated heterocycles. The summed E-state index contributed by atoms with van der Waals surface area (Å²) in [5, 5.41) is 1.04. The SMILES string of the molecule is Cc1c(C(=O)N2CCC(n3c(N4CCOCC4)nc4ccccc43)CC2)c2ccccc2n1Cc1ccccc1. The average molecular weight is 534 g/mol. The molecule has 204 valence electrons. The van der Waals surface area contributed by atoms with Gasteiger partial charge in [-0.2, -0.15) is 0 Å². The topological polar surface area (TPSA) is 55.5 Å². The summed E-state index contributed by atoms with van der Waals surface area (Å²) in [6.45, 7) is 7.48. The molecule has 0 radical (unpaired) electrons. The summed E-state index contributed by atoms with van der Waals surface area (Å²) in [4.78, 5) is 23.6. The van der Waals surface area contributed by atoms with E-state index in [1.807, 2.05) is 12.1 Å². The van der Waals surface area contributed by atoms with E-state index >= 15 is 0 Å². The van der Waals surface area contributed by atoms with Crippen LogP contribution in [-0.2, 0) is 11.3 Å². The van der Waals surface area contributed by atoms with Gasteiger partial charge in [0.1, 0.15) is 0 Å². The number of imidazole rings is 1. The summed E-state index contributed by atoms with van der Waals surface area (Å²) in [6.07, 6.45) is 1.82.